The zero-order valence-corrected chi connectivity index (χ0v) is 19.5. The van der Waals surface area contributed by atoms with E-state index in [2.05, 4.69) is 10.2 Å². The first-order valence-corrected chi connectivity index (χ1v) is 12.1. The molecule has 0 spiro atoms. The van der Waals surface area contributed by atoms with E-state index in [4.69, 9.17) is 4.42 Å². The van der Waals surface area contributed by atoms with E-state index in [0.717, 1.165) is 11.3 Å². The summed E-state index contributed by atoms with van der Waals surface area (Å²) in [4.78, 5) is 28.8. The van der Waals surface area contributed by atoms with Crippen LogP contribution in [-0.4, -0.2) is 68.3 Å². The van der Waals surface area contributed by atoms with Crippen molar-refractivity contribution in [3.63, 3.8) is 0 Å². The summed E-state index contributed by atoms with van der Waals surface area (Å²) in [5.74, 6) is 0.520. The molecule has 0 atom stereocenters. The van der Waals surface area contributed by atoms with Crippen molar-refractivity contribution < 1.29 is 18.4 Å². The molecule has 8 nitrogen and oxygen atoms in total. The summed E-state index contributed by atoms with van der Waals surface area (Å²) in [7, 11) is 0. The molecular weight excluding hydrogens is 469 g/mol. The molecule has 2 aromatic carbocycles. The summed E-state index contributed by atoms with van der Waals surface area (Å²) in [6.45, 7) is 1.81. The minimum absolute atomic E-state index is 0.0361. The number of hydrogen-bond donors (Lipinski definition) is 0. The van der Waals surface area contributed by atoms with Crippen LogP contribution in [0, 0.1) is 5.82 Å². The quantitative estimate of drug-likeness (QED) is 0.382. The van der Waals surface area contributed by atoms with Crippen molar-refractivity contribution in [2.45, 2.75) is 5.16 Å². The highest BCUT2D eigenvalue weighted by atomic mass is 32.2. The molecule has 1 fully saturated rings. The van der Waals surface area contributed by atoms with Gasteiger partial charge in [-0.2, -0.15) is 0 Å². The van der Waals surface area contributed by atoms with Gasteiger partial charge in [-0.1, -0.05) is 30.0 Å². The molecule has 1 saturated heterocycles. The van der Waals surface area contributed by atoms with Gasteiger partial charge in [-0.05, 0) is 48.5 Å². The fourth-order valence-electron chi connectivity index (χ4n) is 3.89. The van der Waals surface area contributed by atoms with Crippen molar-refractivity contribution in [2.75, 3.05) is 31.9 Å². The lowest BCUT2D eigenvalue weighted by Crippen LogP contribution is -2.51. The van der Waals surface area contributed by atoms with Crippen molar-refractivity contribution in [2.24, 2.45) is 0 Å². The number of rotatable bonds is 6. The number of carbonyl (C=O) groups excluding carboxylic acids is 2. The molecule has 178 valence electrons. The van der Waals surface area contributed by atoms with Gasteiger partial charge in [0.15, 0.2) is 16.7 Å². The number of para-hydroxylation sites is 1. The number of piperazine rings is 1. The highest BCUT2D eigenvalue weighted by Crippen LogP contribution is 2.28. The molecule has 3 heterocycles. The van der Waals surface area contributed by atoms with Crippen LogP contribution in [0.3, 0.4) is 0 Å². The van der Waals surface area contributed by atoms with Crippen LogP contribution < -0.4 is 0 Å². The van der Waals surface area contributed by atoms with E-state index in [0.29, 0.717) is 42.9 Å². The van der Waals surface area contributed by atoms with Crippen LogP contribution in [0.15, 0.2) is 82.6 Å². The van der Waals surface area contributed by atoms with Gasteiger partial charge in [-0.3, -0.25) is 14.2 Å². The van der Waals surface area contributed by atoms with Gasteiger partial charge in [-0.15, -0.1) is 10.2 Å². The molecule has 2 aromatic heterocycles. The van der Waals surface area contributed by atoms with Crippen LogP contribution >= 0.6 is 11.8 Å². The van der Waals surface area contributed by atoms with Crippen LogP contribution in [0.2, 0.25) is 0 Å². The van der Waals surface area contributed by atoms with Crippen LogP contribution in [0.1, 0.15) is 10.6 Å². The number of benzene rings is 2. The predicted octanol–water partition coefficient (Wildman–Crippen LogP) is 3.74. The number of nitrogens with zero attached hydrogens (tertiary/aromatic N) is 5. The van der Waals surface area contributed by atoms with Gasteiger partial charge < -0.3 is 14.2 Å². The van der Waals surface area contributed by atoms with E-state index in [-0.39, 0.29) is 23.4 Å². The van der Waals surface area contributed by atoms with Crippen molar-refractivity contribution >= 4 is 23.6 Å². The Morgan fingerprint density at radius 1 is 0.886 bits per heavy atom. The molecular formula is C25H22FN5O3S. The van der Waals surface area contributed by atoms with E-state index >= 15 is 0 Å². The zero-order valence-electron chi connectivity index (χ0n) is 18.7. The smallest absolute Gasteiger partial charge is 0.289 e. The van der Waals surface area contributed by atoms with Gasteiger partial charge in [0.2, 0.25) is 5.91 Å². The second kappa shape index (κ2) is 10.1. The third kappa shape index (κ3) is 4.97. The van der Waals surface area contributed by atoms with Crippen molar-refractivity contribution in [1.29, 1.82) is 0 Å². The lowest BCUT2D eigenvalue weighted by atomic mass is 10.2. The summed E-state index contributed by atoms with van der Waals surface area (Å²) in [5, 5.41) is 9.21. The topological polar surface area (TPSA) is 84.5 Å². The zero-order chi connectivity index (χ0) is 24.2. The number of thioether (sulfide) groups is 1. The molecule has 0 bridgehead atoms. The largest absolute Gasteiger partial charge is 0.459 e. The Balaban J connectivity index is 1.27. The number of furan rings is 1. The maximum Gasteiger partial charge on any atom is 0.289 e. The van der Waals surface area contributed by atoms with E-state index in [9.17, 15) is 14.0 Å². The SMILES string of the molecule is O=C(CSc1nnc(-c2ccc(F)cc2)n1-c1ccccc1)N1CCN(C(=O)c2ccco2)CC1. The summed E-state index contributed by atoms with van der Waals surface area (Å²) in [5.41, 5.74) is 1.56. The molecule has 4 aromatic rings. The summed E-state index contributed by atoms with van der Waals surface area (Å²) in [6.07, 6.45) is 1.47. The van der Waals surface area contributed by atoms with Crippen LogP contribution in [0.25, 0.3) is 17.1 Å². The summed E-state index contributed by atoms with van der Waals surface area (Å²) in [6, 6.07) is 19.0. The Hall–Kier alpha value is -3.92. The Labute approximate surface area is 205 Å². The first-order chi connectivity index (χ1) is 17.1. The van der Waals surface area contributed by atoms with Crippen LogP contribution in [0.4, 0.5) is 4.39 Å². The summed E-state index contributed by atoms with van der Waals surface area (Å²) >= 11 is 1.30. The average Bonchev–Trinajstić information content (AvgIpc) is 3.59. The molecule has 1 aliphatic rings. The molecule has 2 amide bonds. The minimum atomic E-state index is -0.328. The van der Waals surface area contributed by atoms with Gasteiger partial charge in [0.05, 0.1) is 12.0 Å². The number of aromatic nitrogens is 3. The van der Waals surface area contributed by atoms with Gasteiger partial charge in [-0.25, -0.2) is 4.39 Å². The van der Waals surface area contributed by atoms with E-state index in [1.807, 2.05) is 34.9 Å². The lowest BCUT2D eigenvalue weighted by molar-refractivity contribution is -0.129. The fourth-order valence-corrected chi connectivity index (χ4v) is 4.75. The lowest BCUT2D eigenvalue weighted by Gasteiger charge is -2.34. The number of halogens is 1. The Morgan fingerprint density at radius 2 is 1.60 bits per heavy atom. The second-order valence-electron chi connectivity index (χ2n) is 7.92. The van der Waals surface area contributed by atoms with E-state index < -0.39 is 0 Å². The maximum atomic E-state index is 13.4. The Bertz CT molecular complexity index is 1300. The van der Waals surface area contributed by atoms with E-state index in [1.54, 1.807) is 34.1 Å². The number of amides is 2. The molecule has 35 heavy (non-hydrogen) atoms. The molecule has 10 heteroatoms. The molecule has 0 unspecified atom stereocenters. The first-order valence-electron chi connectivity index (χ1n) is 11.1. The minimum Gasteiger partial charge on any atom is -0.459 e. The number of hydrogen-bond acceptors (Lipinski definition) is 6. The number of carbonyl (C=O) groups is 2. The fraction of sp³-hybridized carbons (Fsp3) is 0.200. The third-order valence-corrected chi connectivity index (χ3v) is 6.64. The molecule has 5 rings (SSSR count). The van der Waals surface area contributed by atoms with Gasteiger partial charge in [0.25, 0.3) is 5.91 Å². The van der Waals surface area contributed by atoms with Crippen molar-refractivity contribution in [3.05, 3.63) is 84.6 Å². The van der Waals surface area contributed by atoms with Gasteiger partial charge in [0, 0.05) is 37.4 Å². The molecule has 0 N–H and O–H groups in total. The Kier molecular flexibility index (Phi) is 6.62. The van der Waals surface area contributed by atoms with Crippen LogP contribution in [-0.2, 0) is 4.79 Å². The highest BCUT2D eigenvalue weighted by molar-refractivity contribution is 7.99. The monoisotopic (exact) mass is 491 g/mol. The molecule has 1 aliphatic heterocycles. The molecule has 0 radical (unpaired) electrons. The maximum absolute atomic E-state index is 13.4. The van der Waals surface area contributed by atoms with Crippen molar-refractivity contribution in [1.82, 2.24) is 24.6 Å². The Morgan fingerprint density at radius 3 is 2.29 bits per heavy atom. The third-order valence-electron chi connectivity index (χ3n) is 5.73. The normalized spacial score (nSPS) is 13.7. The second-order valence-corrected chi connectivity index (χ2v) is 8.87. The van der Waals surface area contributed by atoms with E-state index in [1.165, 1.54) is 30.2 Å². The van der Waals surface area contributed by atoms with Gasteiger partial charge >= 0.3 is 0 Å². The van der Waals surface area contributed by atoms with Gasteiger partial charge in [0.1, 0.15) is 5.82 Å². The molecule has 0 aliphatic carbocycles. The standard InChI is InChI=1S/C25H22FN5O3S/c26-19-10-8-18(9-11-19)23-27-28-25(31(23)20-5-2-1-3-6-20)35-17-22(32)29-12-14-30(15-13-29)24(33)21-7-4-16-34-21/h1-11,16H,12-15,17H2. The summed E-state index contributed by atoms with van der Waals surface area (Å²) < 4.78 is 20.5. The van der Waals surface area contributed by atoms with Crippen molar-refractivity contribution in [3.8, 4) is 17.1 Å². The average molecular weight is 492 g/mol. The molecule has 0 saturated carbocycles. The predicted molar refractivity (Wildman–Crippen MR) is 129 cm³/mol. The highest BCUT2D eigenvalue weighted by Gasteiger charge is 2.26. The van der Waals surface area contributed by atoms with Crippen LogP contribution in [0.5, 0.6) is 0 Å². The first kappa shape index (κ1) is 22.9.